The zero-order valence-corrected chi connectivity index (χ0v) is 19.6. The van der Waals surface area contributed by atoms with Crippen LogP contribution < -0.4 is 15.5 Å². The second-order valence-electron chi connectivity index (χ2n) is 7.35. The fraction of sp³-hybridized carbons (Fsp3) is 0.217. The zero-order valence-electron chi connectivity index (χ0n) is 18.0. The highest BCUT2D eigenvalue weighted by Gasteiger charge is 2.40. The molecule has 0 spiro atoms. The van der Waals surface area contributed by atoms with Gasteiger partial charge in [0.2, 0.25) is 11.8 Å². The van der Waals surface area contributed by atoms with Gasteiger partial charge in [0.15, 0.2) is 5.17 Å². The molecule has 1 saturated heterocycles. The zero-order chi connectivity index (χ0) is 23.3. The third-order valence-corrected chi connectivity index (χ3v) is 5.91. The van der Waals surface area contributed by atoms with Gasteiger partial charge >= 0.3 is 0 Å². The summed E-state index contributed by atoms with van der Waals surface area (Å²) in [6.07, 6.45) is 3.81. The van der Waals surface area contributed by atoms with Crippen molar-refractivity contribution in [1.82, 2.24) is 0 Å². The van der Waals surface area contributed by atoms with Gasteiger partial charge in [0.1, 0.15) is 5.25 Å². The number of anilines is 2. The van der Waals surface area contributed by atoms with Crippen LogP contribution in [0.2, 0.25) is 5.02 Å². The minimum atomic E-state index is -0.636. The number of carbonyl (C=O) groups excluding carboxylic acids is 2. The smallest absolute Gasteiger partial charge is 0.247 e. The van der Waals surface area contributed by atoms with Crippen molar-refractivity contribution in [2.45, 2.75) is 18.6 Å². The first-order valence-corrected chi connectivity index (χ1v) is 11.1. The van der Waals surface area contributed by atoms with E-state index in [4.69, 9.17) is 17.3 Å². The van der Waals surface area contributed by atoms with Crippen molar-refractivity contribution in [1.29, 1.82) is 0 Å². The molecule has 2 aromatic carbocycles. The lowest BCUT2D eigenvalue weighted by molar-refractivity contribution is -0.121. The molecular weight excluding hydrogens is 446 g/mol. The summed E-state index contributed by atoms with van der Waals surface area (Å²) in [5, 5.41) is 8.11. The molecule has 0 aliphatic carbocycles. The van der Waals surface area contributed by atoms with Crippen LogP contribution in [0.3, 0.4) is 0 Å². The van der Waals surface area contributed by atoms with Crippen molar-refractivity contribution in [3.63, 3.8) is 0 Å². The maximum atomic E-state index is 12.7. The molecule has 1 heterocycles. The highest BCUT2D eigenvalue weighted by atomic mass is 35.5. The van der Waals surface area contributed by atoms with E-state index < -0.39 is 5.25 Å². The van der Waals surface area contributed by atoms with Gasteiger partial charge in [-0.25, -0.2) is 4.90 Å². The van der Waals surface area contributed by atoms with Crippen LogP contribution in [0.25, 0.3) is 6.08 Å². The third-order valence-electron chi connectivity index (χ3n) is 4.69. The van der Waals surface area contributed by atoms with Crippen molar-refractivity contribution >= 4 is 63.5 Å². The lowest BCUT2D eigenvalue weighted by Gasteiger charge is -2.14. The predicted octanol–water partition coefficient (Wildman–Crippen LogP) is 4.18. The summed E-state index contributed by atoms with van der Waals surface area (Å²) in [5.41, 5.74) is 9.24. The number of hydrogen-bond acceptors (Lipinski definition) is 6. The monoisotopic (exact) mass is 469 g/mol. The van der Waals surface area contributed by atoms with Gasteiger partial charge in [0.05, 0.1) is 11.4 Å². The molecule has 1 aliphatic rings. The molecule has 32 heavy (non-hydrogen) atoms. The number of thioether (sulfide) groups is 1. The van der Waals surface area contributed by atoms with Gasteiger partial charge in [0, 0.05) is 31.2 Å². The maximum absolute atomic E-state index is 12.7. The average molecular weight is 470 g/mol. The van der Waals surface area contributed by atoms with E-state index in [0.717, 1.165) is 27.9 Å². The van der Waals surface area contributed by atoms with E-state index >= 15 is 0 Å². The summed E-state index contributed by atoms with van der Waals surface area (Å²) in [6, 6.07) is 14.6. The molecule has 0 radical (unpaired) electrons. The van der Waals surface area contributed by atoms with E-state index in [1.807, 2.05) is 55.4 Å². The number of hydrogen-bond donors (Lipinski definition) is 1. The molecule has 1 aliphatic heterocycles. The van der Waals surface area contributed by atoms with Crippen LogP contribution in [-0.4, -0.2) is 42.0 Å². The van der Waals surface area contributed by atoms with Gasteiger partial charge in [0.25, 0.3) is 0 Å². The molecule has 7 nitrogen and oxygen atoms in total. The number of rotatable bonds is 6. The van der Waals surface area contributed by atoms with E-state index in [1.165, 1.54) is 0 Å². The largest absolute Gasteiger partial charge is 0.378 e. The molecular formula is C23H24ClN5O2S. The third kappa shape index (κ3) is 5.99. The number of amidine groups is 1. The van der Waals surface area contributed by atoms with Gasteiger partial charge < -0.3 is 10.6 Å². The minimum Gasteiger partial charge on any atom is -0.378 e. The van der Waals surface area contributed by atoms with Crippen molar-refractivity contribution in [2.24, 2.45) is 15.9 Å². The lowest BCUT2D eigenvalue weighted by Crippen LogP contribution is -2.31. The number of benzene rings is 2. The Balaban J connectivity index is 1.61. The minimum absolute atomic E-state index is 0.0495. The quantitative estimate of drug-likeness (QED) is 0.296. The summed E-state index contributed by atoms with van der Waals surface area (Å²) in [4.78, 5) is 28.2. The highest BCUT2D eigenvalue weighted by Crippen LogP contribution is 2.30. The Morgan fingerprint density at radius 1 is 1.12 bits per heavy atom. The summed E-state index contributed by atoms with van der Waals surface area (Å²) in [5.74, 6) is -0.618. The van der Waals surface area contributed by atoms with E-state index in [1.54, 1.807) is 31.2 Å². The van der Waals surface area contributed by atoms with Crippen LogP contribution in [0.5, 0.6) is 0 Å². The van der Waals surface area contributed by atoms with Gasteiger partial charge in [-0.3, -0.25) is 9.59 Å². The molecule has 166 valence electrons. The summed E-state index contributed by atoms with van der Waals surface area (Å²) < 4.78 is 0. The van der Waals surface area contributed by atoms with Crippen LogP contribution in [-0.2, 0) is 9.59 Å². The molecule has 2 N–H and O–H groups in total. The van der Waals surface area contributed by atoms with Crippen molar-refractivity contribution in [3.05, 3.63) is 65.2 Å². The Labute approximate surface area is 196 Å². The summed E-state index contributed by atoms with van der Waals surface area (Å²) in [6.45, 7) is 1.80. The normalized spacial score (nSPS) is 17.5. The molecule has 2 amide bonds. The van der Waals surface area contributed by atoms with E-state index in [2.05, 4.69) is 10.2 Å². The Morgan fingerprint density at radius 2 is 1.78 bits per heavy atom. The molecule has 3 rings (SSSR count). The Kier molecular flexibility index (Phi) is 7.71. The highest BCUT2D eigenvalue weighted by molar-refractivity contribution is 8.14. The number of imide groups is 1. The van der Waals surface area contributed by atoms with Gasteiger partial charge in [-0.05, 0) is 55.0 Å². The van der Waals surface area contributed by atoms with Gasteiger partial charge in [-0.15, -0.1) is 5.10 Å². The van der Waals surface area contributed by atoms with Gasteiger partial charge in [-0.1, -0.05) is 41.6 Å². The SMILES string of the molecule is CC(/C=C/c1ccc(N(C)C)cc1)=N\N=C(N)SC1CC(=O)N(c2ccc(Cl)cc2)C1=O. The Bertz CT molecular complexity index is 1080. The van der Waals surface area contributed by atoms with E-state index in [-0.39, 0.29) is 23.4 Å². The number of carbonyl (C=O) groups is 2. The van der Waals surface area contributed by atoms with Crippen molar-refractivity contribution in [3.8, 4) is 0 Å². The standard InChI is InChI=1S/C23H24ClN5O2S/c1-15(4-5-16-6-10-18(11-7-16)28(2)3)26-27-23(25)32-20-14-21(30)29(22(20)31)19-12-8-17(24)9-13-19/h4-13,20H,14H2,1-3H3,(H2,25,27)/b5-4+,26-15+. The second-order valence-corrected chi connectivity index (χ2v) is 9.01. The number of nitrogens with zero attached hydrogens (tertiary/aromatic N) is 4. The lowest BCUT2D eigenvalue weighted by atomic mass is 10.2. The molecule has 0 aromatic heterocycles. The first kappa shape index (κ1) is 23.6. The predicted molar refractivity (Wildman–Crippen MR) is 134 cm³/mol. The fourth-order valence-electron chi connectivity index (χ4n) is 2.99. The van der Waals surface area contributed by atoms with Gasteiger partial charge in [-0.2, -0.15) is 5.10 Å². The first-order valence-electron chi connectivity index (χ1n) is 9.87. The molecule has 1 fully saturated rings. The van der Waals surface area contributed by atoms with E-state index in [0.29, 0.717) is 16.4 Å². The van der Waals surface area contributed by atoms with Crippen LogP contribution >= 0.6 is 23.4 Å². The van der Waals surface area contributed by atoms with Crippen molar-refractivity contribution < 1.29 is 9.59 Å². The summed E-state index contributed by atoms with van der Waals surface area (Å²) in [7, 11) is 3.98. The average Bonchev–Trinajstić information content (AvgIpc) is 3.04. The number of amides is 2. The number of allylic oxidation sites excluding steroid dienone is 1. The second kappa shape index (κ2) is 10.5. The van der Waals surface area contributed by atoms with Crippen LogP contribution in [0, 0.1) is 0 Å². The topological polar surface area (TPSA) is 91.4 Å². The molecule has 1 unspecified atom stereocenters. The van der Waals surface area contributed by atoms with Crippen LogP contribution in [0.15, 0.2) is 64.8 Å². The van der Waals surface area contributed by atoms with E-state index in [9.17, 15) is 9.59 Å². The molecule has 9 heteroatoms. The number of nitrogens with two attached hydrogens (primary N) is 1. The molecule has 0 bridgehead atoms. The molecule has 1 atom stereocenters. The van der Waals surface area contributed by atoms with Crippen LogP contribution in [0.4, 0.5) is 11.4 Å². The Hall–Kier alpha value is -3.10. The Morgan fingerprint density at radius 3 is 2.41 bits per heavy atom. The van der Waals surface area contributed by atoms with Crippen LogP contribution in [0.1, 0.15) is 18.9 Å². The molecule has 0 saturated carbocycles. The maximum Gasteiger partial charge on any atom is 0.247 e. The molecule has 2 aromatic rings. The number of halogens is 1. The first-order chi connectivity index (χ1) is 15.2. The van der Waals surface area contributed by atoms with Crippen molar-refractivity contribution in [2.75, 3.05) is 23.9 Å². The summed E-state index contributed by atoms with van der Waals surface area (Å²) >= 11 is 6.92. The fourth-order valence-corrected chi connectivity index (χ4v) is 3.93.